The van der Waals surface area contributed by atoms with Gasteiger partial charge in [-0.1, -0.05) is 13.8 Å². The Morgan fingerprint density at radius 3 is 2.16 bits per heavy atom. The second-order valence-electron chi connectivity index (χ2n) is 5.96. The van der Waals surface area contributed by atoms with E-state index < -0.39 is 0 Å². The van der Waals surface area contributed by atoms with Gasteiger partial charge >= 0.3 is 0 Å². The molecule has 0 amide bonds. The van der Waals surface area contributed by atoms with Crippen LogP contribution in [0.5, 0.6) is 0 Å². The van der Waals surface area contributed by atoms with Crippen molar-refractivity contribution in [3.05, 3.63) is 11.4 Å². The number of aryl methyl sites for hydroxylation is 2. The minimum Gasteiger partial charge on any atom is -0.353 e. The lowest BCUT2D eigenvalue weighted by Crippen LogP contribution is -2.20. The van der Waals surface area contributed by atoms with Crippen molar-refractivity contribution in [2.75, 3.05) is 11.9 Å². The Balaban J connectivity index is 1.62. The van der Waals surface area contributed by atoms with Crippen LogP contribution in [0.15, 0.2) is 0 Å². The Morgan fingerprint density at radius 2 is 1.63 bits per heavy atom. The topological polar surface area (TPSA) is 50.7 Å². The summed E-state index contributed by atoms with van der Waals surface area (Å²) in [6.07, 6.45) is 7.56. The fourth-order valence-corrected chi connectivity index (χ4v) is 2.99. The zero-order valence-corrected chi connectivity index (χ0v) is 12.0. The highest BCUT2D eigenvalue weighted by molar-refractivity contribution is 5.26. The number of nitrogens with zero attached hydrogens (tertiary/aromatic N) is 3. The van der Waals surface area contributed by atoms with Crippen molar-refractivity contribution < 1.29 is 0 Å². The van der Waals surface area contributed by atoms with E-state index in [0.29, 0.717) is 0 Å². The lowest BCUT2D eigenvalue weighted by molar-refractivity contribution is 0.427. The van der Waals surface area contributed by atoms with Gasteiger partial charge in [-0.25, -0.2) is 4.98 Å². The van der Waals surface area contributed by atoms with Crippen LogP contribution in [0.4, 0.5) is 5.95 Å². The molecule has 2 fully saturated rings. The van der Waals surface area contributed by atoms with Crippen LogP contribution in [-0.2, 0) is 12.8 Å². The molecule has 4 heteroatoms. The predicted molar refractivity (Wildman–Crippen MR) is 76.0 cm³/mol. The molecule has 0 atom stereocenters. The van der Waals surface area contributed by atoms with Crippen molar-refractivity contribution in [2.24, 2.45) is 17.8 Å². The smallest absolute Gasteiger partial charge is 0.242 e. The molecule has 19 heavy (non-hydrogen) atoms. The SMILES string of the molecule is CCc1nnc(NCC(C2CC2)C2CC2)nc1CC. The molecule has 2 aliphatic carbocycles. The monoisotopic (exact) mass is 260 g/mol. The Morgan fingerprint density at radius 1 is 1.00 bits per heavy atom. The summed E-state index contributed by atoms with van der Waals surface area (Å²) in [6, 6.07) is 0. The first-order chi connectivity index (χ1) is 9.31. The number of hydrogen-bond donors (Lipinski definition) is 1. The van der Waals surface area contributed by atoms with E-state index in [1.54, 1.807) is 0 Å². The third-order valence-electron chi connectivity index (χ3n) is 4.46. The van der Waals surface area contributed by atoms with E-state index in [2.05, 4.69) is 34.3 Å². The highest BCUT2D eigenvalue weighted by atomic mass is 15.2. The number of anilines is 1. The fourth-order valence-electron chi connectivity index (χ4n) is 2.99. The molecule has 0 bridgehead atoms. The van der Waals surface area contributed by atoms with Gasteiger partial charge in [0.25, 0.3) is 0 Å². The van der Waals surface area contributed by atoms with Crippen molar-refractivity contribution in [3.8, 4) is 0 Å². The molecule has 2 aliphatic rings. The van der Waals surface area contributed by atoms with Gasteiger partial charge in [-0.2, -0.15) is 5.10 Å². The molecule has 1 aromatic rings. The van der Waals surface area contributed by atoms with Gasteiger partial charge in [0, 0.05) is 6.54 Å². The molecule has 3 rings (SSSR count). The normalized spacial score (nSPS) is 18.9. The Bertz CT molecular complexity index is 426. The van der Waals surface area contributed by atoms with E-state index in [9.17, 15) is 0 Å². The maximum Gasteiger partial charge on any atom is 0.242 e. The summed E-state index contributed by atoms with van der Waals surface area (Å²) in [4.78, 5) is 4.61. The van der Waals surface area contributed by atoms with Crippen LogP contribution < -0.4 is 5.32 Å². The van der Waals surface area contributed by atoms with Crippen LogP contribution in [0.1, 0.15) is 50.9 Å². The first kappa shape index (κ1) is 12.8. The lowest BCUT2D eigenvalue weighted by atomic mass is 9.98. The average molecular weight is 260 g/mol. The molecular weight excluding hydrogens is 236 g/mol. The summed E-state index contributed by atoms with van der Waals surface area (Å²) < 4.78 is 0. The average Bonchev–Trinajstić information content (AvgIpc) is 3.31. The molecule has 1 aromatic heterocycles. The highest BCUT2D eigenvalue weighted by Crippen LogP contribution is 2.49. The molecule has 104 valence electrons. The fraction of sp³-hybridized carbons (Fsp3) is 0.800. The first-order valence-corrected chi connectivity index (χ1v) is 7.78. The standard InChI is InChI=1S/C15H24N4/c1-3-13-14(4-2)18-19-15(17-13)16-9-12(10-5-6-10)11-7-8-11/h10-12H,3-9H2,1-2H3,(H,16,17,19). The van der Waals surface area contributed by atoms with Crippen LogP contribution in [0.3, 0.4) is 0 Å². The van der Waals surface area contributed by atoms with Crippen molar-refractivity contribution in [3.63, 3.8) is 0 Å². The van der Waals surface area contributed by atoms with E-state index in [4.69, 9.17) is 0 Å². The number of nitrogens with one attached hydrogen (secondary N) is 1. The van der Waals surface area contributed by atoms with Crippen molar-refractivity contribution in [1.29, 1.82) is 0 Å². The summed E-state index contributed by atoms with van der Waals surface area (Å²) in [5, 5.41) is 11.9. The van der Waals surface area contributed by atoms with Gasteiger partial charge in [0.15, 0.2) is 0 Å². The lowest BCUT2D eigenvalue weighted by Gasteiger charge is -2.16. The maximum atomic E-state index is 4.61. The zero-order valence-electron chi connectivity index (χ0n) is 12.0. The van der Waals surface area contributed by atoms with Gasteiger partial charge in [-0.05, 0) is 56.3 Å². The quantitative estimate of drug-likeness (QED) is 0.819. The second kappa shape index (κ2) is 5.43. The molecule has 0 radical (unpaired) electrons. The van der Waals surface area contributed by atoms with Crippen LogP contribution in [-0.4, -0.2) is 21.7 Å². The van der Waals surface area contributed by atoms with E-state index in [1.165, 1.54) is 25.7 Å². The summed E-state index contributed by atoms with van der Waals surface area (Å²) in [7, 11) is 0. The van der Waals surface area contributed by atoms with Gasteiger partial charge in [0.05, 0.1) is 11.4 Å². The Hall–Kier alpha value is -1.19. The second-order valence-corrected chi connectivity index (χ2v) is 5.96. The van der Waals surface area contributed by atoms with Crippen molar-refractivity contribution >= 4 is 5.95 Å². The third kappa shape index (κ3) is 3.04. The summed E-state index contributed by atoms with van der Waals surface area (Å²) >= 11 is 0. The van der Waals surface area contributed by atoms with E-state index in [0.717, 1.165) is 54.5 Å². The molecular formula is C15H24N4. The third-order valence-corrected chi connectivity index (χ3v) is 4.46. The van der Waals surface area contributed by atoms with Crippen LogP contribution in [0.25, 0.3) is 0 Å². The molecule has 0 aliphatic heterocycles. The summed E-state index contributed by atoms with van der Waals surface area (Å²) in [6.45, 7) is 5.27. The van der Waals surface area contributed by atoms with Gasteiger partial charge in [-0.3, -0.25) is 0 Å². The highest BCUT2D eigenvalue weighted by Gasteiger charge is 2.41. The Kier molecular flexibility index (Phi) is 3.67. The molecule has 0 saturated heterocycles. The molecule has 0 aromatic carbocycles. The largest absolute Gasteiger partial charge is 0.353 e. The predicted octanol–water partition coefficient (Wildman–Crippen LogP) is 2.84. The number of aromatic nitrogens is 3. The van der Waals surface area contributed by atoms with E-state index in [-0.39, 0.29) is 0 Å². The maximum absolute atomic E-state index is 4.61. The molecule has 1 N–H and O–H groups in total. The summed E-state index contributed by atoms with van der Waals surface area (Å²) in [5.74, 6) is 3.50. The van der Waals surface area contributed by atoms with Gasteiger partial charge in [0.2, 0.25) is 5.95 Å². The van der Waals surface area contributed by atoms with Gasteiger partial charge in [-0.15, -0.1) is 5.10 Å². The van der Waals surface area contributed by atoms with Gasteiger partial charge in [0.1, 0.15) is 0 Å². The van der Waals surface area contributed by atoms with Gasteiger partial charge < -0.3 is 5.32 Å². The van der Waals surface area contributed by atoms with Crippen molar-refractivity contribution in [1.82, 2.24) is 15.2 Å². The number of rotatable bonds is 7. The van der Waals surface area contributed by atoms with Crippen molar-refractivity contribution in [2.45, 2.75) is 52.4 Å². The molecule has 2 saturated carbocycles. The first-order valence-electron chi connectivity index (χ1n) is 7.78. The van der Waals surface area contributed by atoms with E-state index >= 15 is 0 Å². The Labute approximate surface area is 115 Å². The summed E-state index contributed by atoms with van der Waals surface area (Å²) in [5.41, 5.74) is 2.13. The van der Waals surface area contributed by atoms with Crippen LogP contribution in [0, 0.1) is 17.8 Å². The number of hydrogen-bond acceptors (Lipinski definition) is 4. The molecule has 0 unspecified atom stereocenters. The zero-order chi connectivity index (χ0) is 13.2. The minimum atomic E-state index is 0.723. The minimum absolute atomic E-state index is 0.723. The molecule has 4 nitrogen and oxygen atoms in total. The molecule has 1 heterocycles. The molecule has 0 spiro atoms. The van der Waals surface area contributed by atoms with E-state index in [1.807, 2.05) is 0 Å². The van der Waals surface area contributed by atoms with Crippen LogP contribution in [0.2, 0.25) is 0 Å². The van der Waals surface area contributed by atoms with Crippen LogP contribution >= 0.6 is 0 Å².